The van der Waals surface area contributed by atoms with Crippen LogP contribution in [-0.2, 0) is 10.8 Å². The summed E-state index contributed by atoms with van der Waals surface area (Å²) in [7, 11) is 0. The lowest BCUT2D eigenvalue weighted by atomic mass is 9.81. The third kappa shape index (κ3) is 4.01. The van der Waals surface area contributed by atoms with Crippen molar-refractivity contribution in [2.24, 2.45) is 0 Å². The molecule has 0 nitrogen and oxygen atoms in total. The van der Waals surface area contributed by atoms with Crippen molar-refractivity contribution in [3.05, 3.63) is 35.4 Å². The number of hydrogen-bond acceptors (Lipinski definition) is 0. The summed E-state index contributed by atoms with van der Waals surface area (Å²) in [5.41, 5.74) is 3.17. The second kappa shape index (κ2) is 4.73. The van der Waals surface area contributed by atoms with Gasteiger partial charge in [0, 0.05) is 0 Å². The average Bonchev–Trinajstić information content (AvgIpc) is 2.01. The van der Waals surface area contributed by atoms with Gasteiger partial charge in [-0.25, -0.2) is 0 Å². The Labute approximate surface area is 105 Å². The summed E-state index contributed by atoms with van der Waals surface area (Å²) < 4.78 is 0. The molecule has 0 aliphatic carbocycles. The molecule has 1 radical (unpaired) electrons. The van der Waals surface area contributed by atoms with E-state index >= 15 is 0 Å². The maximum Gasteiger partial charge on any atom is 0.187 e. The van der Waals surface area contributed by atoms with E-state index in [2.05, 4.69) is 65.8 Å². The van der Waals surface area contributed by atoms with Crippen molar-refractivity contribution < 1.29 is 0 Å². The predicted octanol–water partition coefficient (Wildman–Crippen LogP) is 2.90. The second-order valence-electron chi connectivity index (χ2n) is 6.01. The molecule has 0 bridgehead atoms. The van der Waals surface area contributed by atoms with Crippen LogP contribution in [0.25, 0.3) is 0 Å². The minimum absolute atomic E-state index is 0. The van der Waals surface area contributed by atoms with E-state index in [0.29, 0.717) is 0 Å². The molecular weight excluding hydrogens is 195 g/mol. The Balaban J connectivity index is 0.00000196. The lowest BCUT2D eigenvalue weighted by Gasteiger charge is -2.24. The third-order valence-electron chi connectivity index (χ3n) is 2.52. The molecule has 0 N–H and O–H groups in total. The van der Waals surface area contributed by atoms with Crippen molar-refractivity contribution in [3.63, 3.8) is 0 Å². The maximum absolute atomic E-state index is 3.24. The highest BCUT2D eigenvalue weighted by Crippen LogP contribution is 2.28. The fourth-order valence-corrected chi connectivity index (χ4v) is 1.34. The van der Waals surface area contributed by atoms with E-state index in [1.807, 2.05) is 0 Å². The largest absolute Gasteiger partial charge is 0.187 e. The molecule has 0 heterocycles. The molecule has 0 unspecified atom stereocenters. The van der Waals surface area contributed by atoms with Crippen molar-refractivity contribution in [1.82, 2.24) is 0 Å². The van der Waals surface area contributed by atoms with E-state index in [9.17, 15) is 0 Å². The van der Waals surface area contributed by atoms with Gasteiger partial charge in [0.05, 0.1) is 0 Å². The molecule has 0 spiro atoms. The van der Waals surface area contributed by atoms with E-state index in [4.69, 9.17) is 0 Å². The van der Waals surface area contributed by atoms with Crippen LogP contribution in [0.1, 0.15) is 52.7 Å². The van der Waals surface area contributed by atoms with Gasteiger partial charge in [-0.05, 0) is 28.0 Å². The summed E-state index contributed by atoms with van der Waals surface area (Å²) in [6.45, 7) is 13.4. The summed E-state index contributed by atoms with van der Waals surface area (Å²) in [6.07, 6.45) is 0. The van der Waals surface area contributed by atoms with Crippen molar-refractivity contribution in [2.45, 2.75) is 52.4 Å². The first kappa shape index (κ1) is 14.8. The Bertz CT molecular complexity index is 284. The highest BCUT2D eigenvalue weighted by Gasteiger charge is 2.18. The van der Waals surface area contributed by atoms with Gasteiger partial charge in [0.1, 0.15) is 0 Å². The topological polar surface area (TPSA) is 0 Å². The number of benzene rings is 1. The highest BCUT2D eigenvalue weighted by molar-refractivity contribution is 5.75. The van der Waals surface area contributed by atoms with Crippen LogP contribution < -0.4 is 0 Å². The zero-order valence-corrected chi connectivity index (χ0v) is 10.2. The number of hydrogen-bond donors (Lipinski definition) is 0. The zero-order valence-electron chi connectivity index (χ0n) is 10.2. The zero-order chi connectivity index (χ0) is 11.0. The molecule has 0 fully saturated rings. The van der Waals surface area contributed by atoms with Gasteiger partial charge in [-0.15, -0.1) is 0 Å². The van der Waals surface area contributed by atoms with Crippen molar-refractivity contribution >= 4 is 17.4 Å². The first-order valence-electron chi connectivity index (χ1n) is 5.23. The summed E-state index contributed by atoms with van der Waals surface area (Å²) in [5, 5.41) is 0. The molecule has 1 rings (SSSR count). The Hall–Kier alpha value is -0.248. The van der Waals surface area contributed by atoms with Crippen LogP contribution in [-0.4, -0.2) is 17.4 Å². The fourth-order valence-electron chi connectivity index (χ4n) is 1.34. The Kier molecular flexibility index (Phi) is 4.65. The molecule has 15 heavy (non-hydrogen) atoms. The van der Waals surface area contributed by atoms with E-state index in [1.165, 1.54) is 11.1 Å². The lowest BCUT2D eigenvalue weighted by Crippen LogP contribution is -2.15. The fraction of sp³-hybridized carbons (Fsp3) is 0.571. The van der Waals surface area contributed by atoms with Gasteiger partial charge < -0.3 is 0 Å². The summed E-state index contributed by atoms with van der Waals surface area (Å²) in [6, 6.07) is 9.73. The molecule has 0 aromatic heterocycles. The van der Waals surface area contributed by atoms with Gasteiger partial charge in [0.25, 0.3) is 0 Å². The highest BCUT2D eigenvalue weighted by atomic mass is 27.0. The van der Waals surface area contributed by atoms with Crippen LogP contribution in [0.3, 0.4) is 0 Å². The Morgan fingerprint density at radius 1 is 0.800 bits per heavy atom. The quantitative estimate of drug-likeness (QED) is 0.589. The van der Waals surface area contributed by atoms with Gasteiger partial charge in [-0.1, -0.05) is 59.7 Å². The summed E-state index contributed by atoms with van der Waals surface area (Å²) in [5.74, 6) is 0. The third-order valence-corrected chi connectivity index (χ3v) is 2.52. The monoisotopic (exact) mass is 219 g/mol. The molecular formula is C14H24Al. The van der Waals surface area contributed by atoms with Gasteiger partial charge in [-0.3, -0.25) is 0 Å². The smallest absolute Gasteiger partial charge is 0.0561 e. The standard InChI is InChI=1S/C14H21.Al.3H/c1-13(2,3)11-8-7-9-12(10-11)14(4,5)6;;;;/h8-10H,1-6H3;;;;. The van der Waals surface area contributed by atoms with Crippen LogP contribution in [0.5, 0.6) is 0 Å². The molecule has 1 heteroatoms. The molecule has 1 aromatic rings. The summed E-state index contributed by atoms with van der Waals surface area (Å²) >= 11 is 0. The van der Waals surface area contributed by atoms with E-state index in [1.54, 1.807) is 0 Å². The molecule has 0 saturated carbocycles. The first-order chi connectivity index (χ1) is 6.21. The van der Waals surface area contributed by atoms with Crippen molar-refractivity contribution in [3.8, 4) is 0 Å². The minimum Gasteiger partial charge on any atom is -0.0561 e. The van der Waals surface area contributed by atoms with Gasteiger partial charge in [0.15, 0.2) is 17.4 Å². The van der Waals surface area contributed by atoms with Crippen LogP contribution >= 0.6 is 0 Å². The second-order valence-corrected chi connectivity index (χ2v) is 6.01. The first-order valence-corrected chi connectivity index (χ1v) is 5.23. The number of rotatable bonds is 0. The molecule has 0 aliphatic rings. The van der Waals surface area contributed by atoms with Crippen molar-refractivity contribution in [2.75, 3.05) is 0 Å². The molecule has 0 aliphatic heterocycles. The predicted molar refractivity (Wildman–Crippen MR) is 72.6 cm³/mol. The Morgan fingerprint density at radius 2 is 1.13 bits per heavy atom. The van der Waals surface area contributed by atoms with Crippen LogP contribution in [0.2, 0.25) is 0 Å². The molecule has 0 atom stereocenters. The molecule has 83 valence electrons. The van der Waals surface area contributed by atoms with Gasteiger partial charge in [-0.2, -0.15) is 0 Å². The maximum atomic E-state index is 3.24. The SMILES string of the molecule is CC(C)(C)c1c[c]cc(C(C)(C)C)c1.[AlH3]. The van der Waals surface area contributed by atoms with Crippen LogP contribution in [0, 0.1) is 6.07 Å². The summed E-state index contributed by atoms with van der Waals surface area (Å²) in [4.78, 5) is 0. The van der Waals surface area contributed by atoms with E-state index in [0.717, 1.165) is 0 Å². The molecule has 1 aromatic carbocycles. The van der Waals surface area contributed by atoms with Crippen LogP contribution in [0.15, 0.2) is 18.2 Å². The Morgan fingerprint density at radius 3 is 1.40 bits per heavy atom. The normalized spacial score (nSPS) is 12.1. The lowest BCUT2D eigenvalue weighted by molar-refractivity contribution is 0.568. The van der Waals surface area contributed by atoms with Crippen molar-refractivity contribution in [1.29, 1.82) is 0 Å². The van der Waals surface area contributed by atoms with E-state index in [-0.39, 0.29) is 28.2 Å². The minimum atomic E-state index is 0. The molecule has 0 amide bonds. The van der Waals surface area contributed by atoms with Crippen LogP contribution in [0.4, 0.5) is 0 Å². The van der Waals surface area contributed by atoms with Gasteiger partial charge >= 0.3 is 0 Å². The van der Waals surface area contributed by atoms with E-state index < -0.39 is 0 Å². The molecule has 0 saturated heterocycles. The van der Waals surface area contributed by atoms with Gasteiger partial charge in [0.2, 0.25) is 0 Å². The average molecular weight is 219 g/mol.